The van der Waals surface area contributed by atoms with Gasteiger partial charge in [0.05, 0.1) is 6.10 Å². The summed E-state index contributed by atoms with van der Waals surface area (Å²) >= 11 is 0. The van der Waals surface area contributed by atoms with E-state index in [1.807, 2.05) is 13.8 Å². The molecular weight excluding hydrogens is 190 g/mol. The van der Waals surface area contributed by atoms with Crippen LogP contribution in [0, 0.1) is 5.92 Å². The first kappa shape index (κ1) is 14.2. The average Bonchev–Trinajstić information content (AvgIpc) is 2.18. The smallest absolute Gasteiger partial charge is 0.246 e. The molecule has 0 fully saturated rings. The molecule has 0 aromatic rings. The fraction of sp³-hybridized carbons (Fsp3) is 0.750. The molecule has 0 rings (SSSR count). The molecule has 0 aromatic heterocycles. The lowest BCUT2D eigenvalue weighted by Crippen LogP contribution is -2.34. The molecule has 0 bridgehead atoms. The molecular formula is C12H23NO2. The van der Waals surface area contributed by atoms with Gasteiger partial charge in [0.2, 0.25) is 5.91 Å². The van der Waals surface area contributed by atoms with Crippen molar-refractivity contribution in [1.82, 2.24) is 5.32 Å². The predicted octanol–water partition coefficient (Wildman–Crippen LogP) is 1.87. The average molecular weight is 213 g/mol. The molecule has 2 unspecified atom stereocenters. The lowest BCUT2D eigenvalue weighted by Gasteiger charge is -2.21. The molecule has 0 saturated carbocycles. The monoisotopic (exact) mass is 213 g/mol. The number of aliphatic hydroxyl groups excluding tert-OH is 1. The van der Waals surface area contributed by atoms with Gasteiger partial charge < -0.3 is 10.4 Å². The molecule has 0 aliphatic carbocycles. The first-order chi connectivity index (χ1) is 7.02. The molecule has 0 aliphatic heterocycles. The maximum atomic E-state index is 11.3. The number of aliphatic hydroxyl groups is 1. The molecule has 3 heteroatoms. The summed E-state index contributed by atoms with van der Waals surface area (Å²) in [6.45, 7) is 9.84. The van der Waals surface area contributed by atoms with Crippen LogP contribution in [0.25, 0.3) is 0 Å². The van der Waals surface area contributed by atoms with Gasteiger partial charge in [-0.2, -0.15) is 0 Å². The second-order valence-corrected chi connectivity index (χ2v) is 4.01. The van der Waals surface area contributed by atoms with Crippen LogP contribution >= 0.6 is 0 Å². The standard InChI is InChI=1S/C12H23NO2/c1-5-7-11(14)10(6-2)8-13-12(15)9(3)4/h10-11,14H,3,5-8H2,1-2,4H3,(H,13,15). The summed E-state index contributed by atoms with van der Waals surface area (Å²) < 4.78 is 0. The molecule has 0 saturated heterocycles. The summed E-state index contributed by atoms with van der Waals surface area (Å²) in [7, 11) is 0. The third kappa shape index (κ3) is 5.57. The van der Waals surface area contributed by atoms with E-state index in [1.165, 1.54) is 0 Å². The number of amides is 1. The summed E-state index contributed by atoms with van der Waals surface area (Å²) in [5, 5.41) is 12.6. The topological polar surface area (TPSA) is 49.3 Å². The molecule has 2 N–H and O–H groups in total. The minimum absolute atomic E-state index is 0.128. The molecule has 15 heavy (non-hydrogen) atoms. The number of rotatable bonds is 7. The number of nitrogens with one attached hydrogen (secondary N) is 1. The van der Waals surface area contributed by atoms with Gasteiger partial charge in [0.1, 0.15) is 0 Å². The van der Waals surface area contributed by atoms with Gasteiger partial charge in [0.25, 0.3) is 0 Å². The maximum absolute atomic E-state index is 11.3. The van der Waals surface area contributed by atoms with E-state index in [0.29, 0.717) is 12.1 Å². The predicted molar refractivity (Wildman–Crippen MR) is 62.5 cm³/mol. The van der Waals surface area contributed by atoms with Gasteiger partial charge >= 0.3 is 0 Å². The SMILES string of the molecule is C=C(C)C(=O)NCC(CC)C(O)CCC. The molecule has 0 heterocycles. The fourth-order valence-electron chi connectivity index (χ4n) is 1.46. The van der Waals surface area contributed by atoms with E-state index in [0.717, 1.165) is 19.3 Å². The number of carbonyl (C=O) groups excluding carboxylic acids is 1. The van der Waals surface area contributed by atoms with Gasteiger partial charge in [-0.3, -0.25) is 4.79 Å². The van der Waals surface area contributed by atoms with Crippen molar-refractivity contribution < 1.29 is 9.90 Å². The van der Waals surface area contributed by atoms with Crippen LogP contribution in [0.1, 0.15) is 40.0 Å². The first-order valence-electron chi connectivity index (χ1n) is 5.64. The molecule has 0 aromatic carbocycles. The van der Waals surface area contributed by atoms with Crippen molar-refractivity contribution in [2.24, 2.45) is 5.92 Å². The summed E-state index contributed by atoms with van der Waals surface area (Å²) in [5.74, 6) is 0.0189. The summed E-state index contributed by atoms with van der Waals surface area (Å²) in [5.41, 5.74) is 0.509. The highest BCUT2D eigenvalue weighted by Crippen LogP contribution is 2.12. The third-order valence-electron chi connectivity index (χ3n) is 2.57. The Hall–Kier alpha value is -0.830. The van der Waals surface area contributed by atoms with Crippen molar-refractivity contribution >= 4 is 5.91 Å². The Kier molecular flexibility index (Phi) is 7.05. The van der Waals surface area contributed by atoms with Crippen molar-refractivity contribution in [2.45, 2.75) is 46.1 Å². The fourth-order valence-corrected chi connectivity index (χ4v) is 1.46. The van der Waals surface area contributed by atoms with E-state index in [2.05, 4.69) is 11.9 Å². The van der Waals surface area contributed by atoms with E-state index >= 15 is 0 Å². The lowest BCUT2D eigenvalue weighted by molar-refractivity contribution is -0.117. The van der Waals surface area contributed by atoms with Crippen LogP contribution in [0.2, 0.25) is 0 Å². The number of carbonyl (C=O) groups is 1. The van der Waals surface area contributed by atoms with E-state index < -0.39 is 0 Å². The van der Waals surface area contributed by atoms with Crippen molar-refractivity contribution in [2.75, 3.05) is 6.54 Å². The normalized spacial score (nSPS) is 14.4. The Balaban J connectivity index is 3.99. The second kappa shape index (κ2) is 7.46. The molecule has 88 valence electrons. The Morgan fingerprint density at radius 1 is 1.47 bits per heavy atom. The molecule has 0 radical (unpaired) electrons. The maximum Gasteiger partial charge on any atom is 0.246 e. The van der Waals surface area contributed by atoms with Crippen LogP contribution in [0.3, 0.4) is 0 Å². The Bertz CT molecular complexity index is 214. The quantitative estimate of drug-likeness (QED) is 0.634. The molecule has 0 spiro atoms. The van der Waals surface area contributed by atoms with Gasteiger partial charge in [-0.1, -0.05) is 26.8 Å². The van der Waals surface area contributed by atoms with Crippen molar-refractivity contribution in [3.63, 3.8) is 0 Å². The van der Waals surface area contributed by atoms with Gasteiger partial charge in [-0.25, -0.2) is 0 Å². The van der Waals surface area contributed by atoms with Crippen LogP contribution in [-0.4, -0.2) is 23.7 Å². The van der Waals surface area contributed by atoms with Crippen molar-refractivity contribution in [1.29, 1.82) is 0 Å². The number of hydrogen-bond donors (Lipinski definition) is 2. The zero-order valence-electron chi connectivity index (χ0n) is 10.0. The molecule has 3 nitrogen and oxygen atoms in total. The lowest BCUT2D eigenvalue weighted by atomic mass is 9.96. The summed E-state index contributed by atoms with van der Waals surface area (Å²) in [6.07, 6.45) is 2.32. The van der Waals surface area contributed by atoms with Crippen molar-refractivity contribution in [3.8, 4) is 0 Å². The van der Waals surface area contributed by atoms with Gasteiger partial charge in [-0.15, -0.1) is 0 Å². The number of hydrogen-bond acceptors (Lipinski definition) is 2. The van der Waals surface area contributed by atoms with Crippen LogP contribution in [0.15, 0.2) is 12.2 Å². The van der Waals surface area contributed by atoms with Crippen LogP contribution in [-0.2, 0) is 4.79 Å². The Labute approximate surface area is 92.6 Å². The largest absolute Gasteiger partial charge is 0.393 e. The zero-order valence-corrected chi connectivity index (χ0v) is 10.0. The van der Waals surface area contributed by atoms with Crippen LogP contribution in [0.5, 0.6) is 0 Å². The van der Waals surface area contributed by atoms with E-state index in [1.54, 1.807) is 6.92 Å². The highest BCUT2D eigenvalue weighted by Gasteiger charge is 2.17. The Morgan fingerprint density at radius 2 is 2.07 bits per heavy atom. The molecule has 1 amide bonds. The van der Waals surface area contributed by atoms with Crippen LogP contribution < -0.4 is 5.32 Å². The third-order valence-corrected chi connectivity index (χ3v) is 2.57. The van der Waals surface area contributed by atoms with E-state index in [-0.39, 0.29) is 17.9 Å². The van der Waals surface area contributed by atoms with Crippen LogP contribution in [0.4, 0.5) is 0 Å². The zero-order chi connectivity index (χ0) is 11.8. The molecule has 2 atom stereocenters. The highest BCUT2D eigenvalue weighted by atomic mass is 16.3. The van der Waals surface area contributed by atoms with Gasteiger partial charge in [-0.05, 0) is 19.8 Å². The minimum Gasteiger partial charge on any atom is -0.393 e. The first-order valence-corrected chi connectivity index (χ1v) is 5.64. The van der Waals surface area contributed by atoms with Crippen molar-refractivity contribution in [3.05, 3.63) is 12.2 Å². The summed E-state index contributed by atoms with van der Waals surface area (Å²) in [6, 6.07) is 0. The second-order valence-electron chi connectivity index (χ2n) is 4.01. The van der Waals surface area contributed by atoms with Gasteiger partial charge in [0.15, 0.2) is 0 Å². The minimum atomic E-state index is -0.314. The Morgan fingerprint density at radius 3 is 2.47 bits per heavy atom. The van der Waals surface area contributed by atoms with Gasteiger partial charge in [0, 0.05) is 18.0 Å². The summed E-state index contributed by atoms with van der Waals surface area (Å²) in [4.78, 5) is 11.3. The highest BCUT2D eigenvalue weighted by molar-refractivity contribution is 5.92. The van der Waals surface area contributed by atoms with E-state index in [9.17, 15) is 9.90 Å². The molecule has 0 aliphatic rings. The van der Waals surface area contributed by atoms with E-state index in [4.69, 9.17) is 0 Å².